The zero-order valence-corrected chi connectivity index (χ0v) is 21.8. The highest BCUT2D eigenvalue weighted by Gasteiger charge is 2.34. The number of amides is 1. The number of anilines is 2. The zero-order valence-electron chi connectivity index (χ0n) is 21.0. The number of nitrogens with one attached hydrogen (secondary N) is 1. The summed E-state index contributed by atoms with van der Waals surface area (Å²) in [4.78, 5) is 27.8. The summed E-state index contributed by atoms with van der Waals surface area (Å²) >= 11 is 6.43. The lowest BCUT2D eigenvalue weighted by Crippen LogP contribution is -2.58. The molecule has 0 bridgehead atoms. The van der Waals surface area contributed by atoms with Crippen LogP contribution in [-0.2, 0) is 6.54 Å². The number of halogens is 2. The van der Waals surface area contributed by atoms with Gasteiger partial charge in [0.15, 0.2) is 34.0 Å². The van der Waals surface area contributed by atoms with Crippen LogP contribution in [0.25, 0.3) is 0 Å². The number of aromatic nitrogens is 2. The lowest BCUT2D eigenvalue weighted by Gasteiger charge is -2.47. The van der Waals surface area contributed by atoms with E-state index in [2.05, 4.69) is 36.9 Å². The van der Waals surface area contributed by atoms with Crippen molar-refractivity contribution < 1.29 is 19.4 Å². The third-order valence-corrected chi connectivity index (χ3v) is 7.47. The predicted octanol–water partition coefficient (Wildman–Crippen LogP) is 1.84. The topological polar surface area (TPSA) is 131 Å². The van der Waals surface area contributed by atoms with Crippen LogP contribution in [0.4, 0.5) is 16.0 Å². The van der Waals surface area contributed by atoms with Crippen molar-refractivity contribution in [1.29, 1.82) is 0 Å². The lowest BCUT2D eigenvalue weighted by atomic mass is 9.98. The summed E-state index contributed by atoms with van der Waals surface area (Å²) < 4.78 is 13.4. The number of piperidine rings is 1. The fourth-order valence-corrected chi connectivity index (χ4v) is 5.52. The van der Waals surface area contributed by atoms with Gasteiger partial charge in [0.2, 0.25) is 0 Å². The standard InChI is InChI=1S/C25H35ClFN7O3/c1-2-17-15-33(24-22(26)30-21(23(28)31-24)25(37)29-7-12-35)10-11-34(17)18-5-8-32(9-6-18)14-16-3-4-19(27)20(36)13-16/h3-4,13,17-18,35-36H,2,5-12,14-15H2,1H3,(H2,28,31)(H,29,37)/t17-/m0/s1. The van der Waals surface area contributed by atoms with Crippen LogP contribution in [0, 0.1) is 5.82 Å². The number of carbonyl (C=O) groups is 1. The highest BCUT2D eigenvalue weighted by atomic mass is 35.5. The van der Waals surface area contributed by atoms with Gasteiger partial charge in [-0.1, -0.05) is 24.6 Å². The molecule has 0 unspecified atom stereocenters. The van der Waals surface area contributed by atoms with E-state index < -0.39 is 11.7 Å². The summed E-state index contributed by atoms with van der Waals surface area (Å²) in [5.74, 6) is -0.935. The molecule has 2 saturated heterocycles. The maximum absolute atomic E-state index is 13.4. The van der Waals surface area contributed by atoms with E-state index in [0.29, 0.717) is 24.4 Å². The second-order valence-corrected chi connectivity index (χ2v) is 9.95. The fraction of sp³-hybridized carbons (Fsp3) is 0.560. The lowest BCUT2D eigenvalue weighted by molar-refractivity contribution is 0.0610. The molecule has 2 aromatic rings. The fourth-order valence-electron chi connectivity index (χ4n) is 5.27. The molecule has 5 N–H and O–H groups in total. The van der Waals surface area contributed by atoms with E-state index in [-0.39, 0.29) is 35.6 Å². The third kappa shape index (κ3) is 6.40. The molecule has 0 aliphatic carbocycles. The van der Waals surface area contributed by atoms with Gasteiger partial charge in [-0.2, -0.15) is 0 Å². The largest absolute Gasteiger partial charge is 0.505 e. The van der Waals surface area contributed by atoms with Crippen molar-refractivity contribution in [3.8, 4) is 5.75 Å². The van der Waals surface area contributed by atoms with Gasteiger partial charge >= 0.3 is 0 Å². The van der Waals surface area contributed by atoms with Crippen LogP contribution in [0.15, 0.2) is 18.2 Å². The average molecular weight is 536 g/mol. The number of phenols is 1. The molecule has 0 saturated carbocycles. The number of hydrogen-bond acceptors (Lipinski definition) is 9. The second kappa shape index (κ2) is 12.2. The second-order valence-electron chi connectivity index (χ2n) is 9.59. The van der Waals surface area contributed by atoms with E-state index in [4.69, 9.17) is 22.4 Å². The van der Waals surface area contributed by atoms with E-state index in [1.165, 1.54) is 12.1 Å². The number of nitrogens with two attached hydrogens (primary N) is 1. The molecule has 1 aromatic heterocycles. The van der Waals surface area contributed by atoms with Gasteiger partial charge in [-0.25, -0.2) is 14.4 Å². The molecule has 37 heavy (non-hydrogen) atoms. The Labute approximate surface area is 221 Å². The van der Waals surface area contributed by atoms with E-state index in [1.54, 1.807) is 6.07 Å². The molecule has 12 heteroatoms. The molecule has 1 aromatic carbocycles. The molecule has 2 aliphatic rings. The Hall–Kier alpha value is -2.73. The number of rotatable bonds is 8. The van der Waals surface area contributed by atoms with Gasteiger partial charge in [-0.05, 0) is 50.0 Å². The zero-order chi connectivity index (χ0) is 26.5. The van der Waals surface area contributed by atoms with Gasteiger partial charge in [-0.3, -0.25) is 14.6 Å². The van der Waals surface area contributed by atoms with Crippen LogP contribution in [-0.4, -0.2) is 93.8 Å². The Balaban J connectivity index is 1.35. The Morgan fingerprint density at radius 3 is 2.68 bits per heavy atom. The Bertz CT molecular complexity index is 1100. The molecule has 1 amide bonds. The van der Waals surface area contributed by atoms with Crippen molar-refractivity contribution in [3.05, 3.63) is 40.4 Å². The SMILES string of the molecule is CC[C@H]1CN(c2nc(N)c(C(=O)NCCO)nc2Cl)CCN1C1CCN(Cc2ccc(F)c(O)c2)CC1. The quantitative estimate of drug-likeness (QED) is 0.400. The monoisotopic (exact) mass is 535 g/mol. The van der Waals surface area contributed by atoms with Crippen LogP contribution < -0.4 is 16.0 Å². The first-order valence-corrected chi connectivity index (χ1v) is 13.1. The summed E-state index contributed by atoms with van der Waals surface area (Å²) in [6, 6.07) is 5.32. The first-order valence-electron chi connectivity index (χ1n) is 12.7. The van der Waals surface area contributed by atoms with Gasteiger partial charge in [0, 0.05) is 44.8 Å². The summed E-state index contributed by atoms with van der Waals surface area (Å²) in [5.41, 5.74) is 6.90. The van der Waals surface area contributed by atoms with Gasteiger partial charge in [0.1, 0.15) is 0 Å². The van der Waals surface area contributed by atoms with Gasteiger partial charge in [0.25, 0.3) is 5.91 Å². The Morgan fingerprint density at radius 1 is 1.24 bits per heavy atom. The third-order valence-electron chi connectivity index (χ3n) is 7.22. The predicted molar refractivity (Wildman–Crippen MR) is 140 cm³/mol. The molecule has 0 radical (unpaired) electrons. The number of nitrogens with zero attached hydrogens (tertiary/aromatic N) is 5. The number of aliphatic hydroxyl groups is 1. The molecule has 3 heterocycles. The number of carbonyl (C=O) groups excluding carboxylic acids is 1. The van der Waals surface area contributed by atoms with Gasteiger partial charge in [-0.15, -0.1) is 0 Å². The molecule has 202 valence electrons. The molecular formula is C25H35ClFN7O3. The summed E-state index contributed by atoms with van der Waals surface area (Å²) in [6.07, 6.45) is 3.04. The van der Waals surface area contributed by atoms with Crippen LogP contribution >= 0.6 is 11.6 Å². The maximum atomic E-state index is 13.4. The van der Waals surface area contributed by atoms with Crippen molar-refractivity contribution in [2.45, 2.75) is 44.8 Å². The van der Waals surface area contributed by atoms with Crippen LogP contribution in [0.1, 0.15) is 42.2 Å². The molecule has 10 nitrogen and oxygen atoms in total. The number of aliphatic hydroxyl groups excluding tert-OH is 1. The van der Waals surface area contributed by atoms with E-state index in [1.807, 2.05) is 0 Å². The molecule has 1 atom stereocenters. The summed E-state index contributed by atoms with van der Waals surface area (Å²) in [7, 11) is 0. The highest BCUT2D eigenvalue weighted by Crippen LogP contribution is 2.30. The van der Waals surface area contributed by atoms with Gasteiger partial charge < -0.3 is 26.2 Å². The smallest absolute Gasteiger partial charge is 0.273 e. The van der Waals surface area contributed by atoms with E-state index >= 15 is 0 Å². The minimum atomic E-state index is -0.596. The molecular weight excluding hydrogens is 501 g/mol. The molecule has 4 rings (SSSR count). The number of nitrogen functional groups attached to an aromatic ring is 1. The Morgan fingerprint density at radius 2 is 2.00 bits per heavy atom. The summed E-state index contributed by atoms with van der Waals surface area (Å²) in [5, 5.41) is 21.2. The highest BCUT2D eigenvalue weighted by molar-refractivity contribution is 6.32. The van der Waals surface area contributed by atoms with Crippen molar-refractivity contribution in [2.24, 2.45) is 0 Å². The van der Waals surface area contributed by atoms with Crippen LogP contribution in [0.2, 0.25) is 5.15 Å². The minimum absolute atomic E-state index is 0.00663. The van der Waals surface area contributed by atoms with E-state index in [0.717, 1.165) is 57.5 Å². The Kier molecular flexibility index (Phi) is 9.01. The number of aromatic hydroxyl groups is 1. The molecule has 0 spiro atoms. The van der Waals surface area contributed by atoms with Gasteiger partial charge in [0.05, 0.1) is 6.61 Å². The van der Waals surface area contributed by atoms with Crippen molar-refractivity contribution >= 4 is 29.1 Å². The number of hydrogen-bond donors (Lipinski definition) is 4. The minimum Gasteiger partial charge on any atom is -0.505 e. The van der Waals surface area contributed by atoms with E-state index in [9.17, 15) is 14.3 Å². The van der Waals surface area contributed by atoms with Crippen molar-refractivity contribution in [2.75, 3.05) is 56.5 Å². The molecule has 2 fully saturated rings. The van der Waals surface area contributed by atoms with Crippen LogP contribution in [0.5, 0.6) is 5.75 Å². The number of benzene rings is 1. The van der Waals surface area contributed by atoms with Crippen molar-refractivity contribution in [1.82, 2.24) is 25.1 Å². The first kappa shape index (κ1) is 27.3. The molecule has 2 aliphatic heterocycles. The van der Waals surface area contributed by atoms with Crippen molar-refractivity contribution in [3.63, 3.8) is 0 Å². The first-order chi connectivity index (χ1) is 17.8. The number of phenolic OH excluding ortho intramolecular Hbond substituents is 1. The number of piperazine rings is 1. The van der Waals surface area contributed by atoms with Crippen LogP contribution in [0.3, 0.4) is 0 Å². The summed E-state index contributed by atoms with van der Waals surface area (Å²) in [6.45, 7) is 6.95. The normalized spacial score (nSPS) is 19.8. The average Bonchev–Trinajstić information content (AvgIpc) is 2.90. The number of likely N-dealkylation sites (tertiary alicyclic amines) is 1. The maximum Gasteiger partial charge on any atom is 0.273 e.